The Kier molecular flexibility index (Phi) is 6.75. The maximum absolute atomic E-state index is 12.4. The molecule has 2 aliphatic heterocycles. The Labute approximate surface area is 197 Å². The minimum absolute atomic E-state index is 0.152. The lowest BCUT2D eigenvalue weighted by Crippen LogP contribution is -2.52. The summed E-state index contributed by atoms with van der Waals surface area (Å²) in [4.78, 5) is 12.4. The molecule has 0 radical (unpaired) electrons. The molecule has 0 saturated carbocycles. The highest BCUT2D eigenvalue weighted by Crippen LogP contribution is 2.56. The monoisotopic (exact) mass is 508 g/mol. The quantitative estimate of drug-likeness (QED) is 0.298. The van der Waals surface area contributed by atoms with E-state index in [1.54, 1.807) is 0 Å². The van der Waals surface area contributed by atoms with E-state index in [1.165, 1.54) is 0 Å². The van der Waals surface area contributed by atoms with Crippen molar-refractivity contribution in [2.24, 2.45) is 0 Å². The lowest BCUT2D eigenvalue weighted by molar-refractivity contribution is -0.150. The Morgan fingerprint density at radius 3 is 2.19 bits per heavy atom. The normalized spacial score (nSPS) is 26.1. The molecular weight excluding hydrogens is 472 g/mol. The van der Waals surface area contributed by atoms with E-state index in [0.717, 1.165) is 21.5 Å². The van der Waals surface area contributed by atoms with E-state index in [4.69, 9.17) is 13.9 Å². The van der Waals surface area contributed by atoms with Crippen molar-refractivity contribution < 1.29 is 18.7 Å². The fourth-order valence-corrected chi connectivity index (χ4v) is 11.4. The second-order valence-corrected chi connectivity index (χ2v) is 16.5. The summed E-state index contributed by atoms with van der Waals surface area (Å²) < 4.78 is 20.4. The largest absolute Gasteiger partial charge is 0.542 e. The zero-order valence-corrected chi connectivity index (χ0v) is 22.9. The molecule has 0 bridgehead atoms. The summed E-state index contributed by atoms with van der Waals surface area (Å²) in [6.45, 7) is 19.8. The molecule has 0 unspecified atom stereocenters. The van der Waals surface area contributed by atoms with Crippen LogP contribution in [0.15, 0.2) is 28.3 Å². The van der Waals surface area contributed by atoms with Gasteiger partial charge in [-0.2, -0.15) is 0 Å². The topological polar surface area (TPSA) is 44.8 Å². The van der Waals surface area contributed by atoms with E-state index in [-0.39, 0.29) is 18.2 Å². The summed E-state index contributed by atoms with van der Waals surface area (Å²) in [5.41, 5.74) is 2.55. The first kappa shape index (κ1) is 24.4. The highest BCUT2D eigenvalue weighted by atomic mass is 79.9. The minimum atomic E-state index is -2.18. The fraction of sp³-hybridized carbons (Fsp3) is 0.640. The molecule has 31 heavy (non-hydrogen) atoms. The number of carbonyl (C=O) groups is 1. The molecular formula is C25H37BrO4Si. The van der Waals surface area contributed by atoms with Crippen molar-refractivity contribution in [3.8, 4) is 11.5 Å². The van der Waals surface area contributed by atoms with Gasteiger partial charge in [0.25, 0.3) is 8.32 Å². The van der Waals surface area contributed by atoms with Gasteiger partial charge in [0.05, 0.1) is 9.89 Å². The average Bonchev–Trinajstić information content (AvgIpc) is 2.96. The van der Waals surface area contributed by atoms with E-state index in [1.807, 2.05) is 19.1 Å². The zero-order valence-electron chi connectivity index (χ0n) is 20.3. The number of carbonyl (C=O) groups excluding carboxylic acids is 1. The average molecular weight is 510 g/mol. The summed E-state index contributed by atoms with van der Waals surface area (Å²) in [5.74, 6) is 1.45. The SMILES string of the molecule is CC1=CC[C@H]([C@]2(C)c3c(O[Si](C(C)C)(C(C)C)C(C)C)ccc(Br)c3O[C@@H]2C)OC1=O. The summed E-state index contributed by atoms with van der Waals surface area (Å²) >= 11 is 3.68. The molecule has 4 nitrogen and oxygen atoms in total. The van der Waals surface area contributed by atoms with Crippen molar-refractivity contribution in [1.82, 2.24) is 0 Å². The molecule has 0 aromatic heterocycles. The number of halogens is 1. The molecule has 0 aliphatic carbocycles. The minimum Gasteiger partial charge on any atom is -0.542 e. The van der Waals surface area contributed by atoms with E-state index in [0.29, 0.717) is 28.6 Å². The third kappa shape index (κ3) is 3.78. The second kappa shape index (κ2) is 8.58. The maximum Gasteiger partial charge on any atom is 0.333 e. The molecule has 3 rings (SSSR count). The lowest BCUT2D eigenvalue weighted by Gasteiger charge is -2.44. The van der Waals surface area contributed by atoms with Crippen LogP contribution >= 0.6 is 15.9 Å². The van der Waals surface area contributed by atoms with E-state index >= 15 is 0 Å². The second-order valence-electron chi connectivity index (χ2n) is 10.2. The predicted molar refractivity (Wildman–Crippen MR) is 132 cm³/mol. The number of ether oxygens (including phenoxy) is 2. The van der Waals surface area contributed by atoms with Crippen molar-refractivity contribution in [1.29, 1.82) is 0 Å². The van der Waals surface area contributed by atoms with Crippen molar-refractivity contribution >= 4 is 30.2 Å². The summed E-state index contributed by atoms with van der Waals surface area (Å²) in [7, 11) is -2.18. The first-order chi connectivity index (χ1) is 14.4. The maximum atomic E-state index is 12.4. The molecule has 1 aromatic carbocycles. The smallest absolute Gasteiger partial charge is 0.333 e. The van der Waals surface area contributed by atoms with Gasteiger partial charge < -0.3 is 13.9 Å². The molecule has 0 N–H and O–H groups in total. The van der Waals surface area contributed by atoms with Crippen LogP contribution in [0, 0.1) is 0 Å². The Morgan fingerprint density at radius 2 is 1.68 bits per heavy atom. The number of rotatable bonds is 6. The number of hydrogen-bond donors (Lipinski definition) is 0. The zero-order chi connectivity index (χ0) is 23.3. The predicted octanol–water partition coefficient (Wildman–Crippen LogP) is 7.30. The van der Waals surface area contributed by atoms with Crippen LogP contribution in [0.2, 0.25) is 16.6 Å². The number of cyclic esters (lactones) is 1. The Balaban J connectivity index is 2.18. The van der Waals surface area contributed by atoms with Crippen LogP contribution in [-0.2, 0) is 14.9 Å². The van der Waals surface area contributed by atoms with Gasteiger partial charge in [-0.15, -0.1) is 0 Å². The van der Waals surface area contributed by atoms with E-state index in [2.05, 4.69) is 77.4 Å². The molecule has 0 saturated heterocycles. The number of esters is 1. The number of benzene rings is 1. The van der Waals surface area contributed by atoms with Crippen molar-refractivity contribution in [3.63, 3.8) is 0 Å². The van der Waals surface area contributed by atoms with Gasteiger partial charge in [0.15, 0.2) is 0 Å². The lowest BCUT2D eigenvalue weighted by atomic mass is 9.72. The molecule has 0 amide bonds. The number of hydrogen-bond acceptors (Lipinski definition) is 4. The molecule has 0 fully saturated rings. The summed E-state index contributed by atoms with van der Waals surface area (Å²) in [6, 6.07) is 4.09. The summed E-state index contributed by atoms with van der Waals surface area (Å²) in [5, 5.41) is 0. The van der Waals surface area contributed by atoms with Crippen molar-refractivity contribution in [3.05, 3.63) is 33.8 Å². The first-order valence-electron chi connectivity index (χ1n) is 11.4. The van der Waals surface area contributed by atoms with Gasteiger partial charge in [-0.3, -0.25) is 0 Å². The Morgan fingerprint density at radius 1 is 1.10 bits per heavy atom. The molecule has 2 heterocycles. The van der Waals surface area contributed by atoms with Gasteiger partial charge in [-0.05, 0) is 65.5 Å². The van der Waals surface area contributed by atoms with Crippen molar-refractivity contribution in [2.75, 3.05) is 0 Å². The van der Waals surface area contributed by atoms with Gasteiger partial charge in [-0.1, -0.05) is 47.6 Å². The van der Waals surface area contributed by atoms with Gasteiger partial charge in [0.2, 0.25) is 0 Å². The van der Waals surface area contributed by atoms with Crippen LogP contribution in [0.5, 0.6) is 11.5 Å². The van der Waals surface area contributed by atoms with Gasteiger partial charge in [0, 0.05) is 17.6 Å². The van der Waals surface area contributed by atoms with Gasteiger partial charge in [-0.25, -0.2) is 4.79 Å². The van der Waals surface area contributed by atoms with Crippen LogP contribution < -0.4 is 9.16 Å². The van der Waals surface area contributed by atoms with E-state index < -0.39 is 13.7 Å². The van der Waals surface area contributed by atoms with Gasteiger partial charge >= 0.3 is 5.97 Å². The van der Waals surface area contributed by atoms with Crippen LogP contribution in [-0.4, -0.2) is 26.5 Å². The highest BCUT2D eigenvalue weighted by molar-refractivity contribution is 9.10. The van der Waals surface area contributed by atoms with Crippen LogP contribution in [0.25, 0.3) is 0 Å². The first-order valence-corrected chi connectivity index (χ1v) is 14.4. The molecule has 6 heteroatoms. The fourth-order valence-electron chi connectivity index (χ4n) is 5.72. The van der Waals surface area contributed by atoms with Crippen LogP contribution in [0.4, 0.5) is 0 Å². The molecule has 0 spiro atoms. The van der Waals surface area contributed by atoms with Crippen molar-refractivity contribution in [2.45, 2.75) is 103 Å². The molecule has 2 aliphatic rings. The molecule has 1 aromatic rings. The van der Waals surface area contributed by atoms with Crippen LogP contribution in [0.1, 0.15) is 74.3 Å². The third-order valence-electron chi connectivity index (χ3n) is 7.62. The van der Waals surface area contributed by atoms with E-state index in [9.17, 15) is 4.79 Å². The third-order valence-corrected chi connectivity index (χ3v) is 14.2. The highest BCUT2D eigenvalue weighted by Gasteiger charge is 2.55. The standard InChI is InChI=1S/C25H37BrO4Si/c1-14(2)31(15(3)4,16(5)6)30-20-12-11-19(26)23-22(20)25(9,18(8)28-23)21-13-10-17(7)24(27)29-21/h10-12,14-16,18,21H,13H2,1-9H3/t18-,21-,25-/m1/s1. The van der Waals surface area contributed by atoms with Crippen LogP contribution in [0.3, 0.4) is 0 Å². The molecule has 3 atom stereocenters. The molecule has 172 valence electrons. The van der Waals surface area contributed by atoms with Gasteiger partial charge in [0.1, 0.15) is 23.7 Å². The summed E-state index contributed by atoms with van der Waals surface area (Å²) in [6.07, 6.45) is 2.21. The Bertz CT molecular complexity index is 870. The number of fused-ring (bicyclic) bond motifs is 1. The Hall–Kier alpha value is -1.27.